The van der Waals surface area contributed by atoms with Crippen LogP contribution in [-0.4, -0.2) is 40.0 Å². The molecule has 2 aromatic carbocycles. The average Bonchev–Trinajstić information content (AvgIpc) is 2.72. The highest BCUT2D eigenvalue weighted by molar-refractivity contribution is 6.11. The largest absolute Gasteiger partial charge is 0.493 e. The van der Waals surface area contributed by atoms with Crippen LogP contribution in [0.4, 0.5) is 0 Å². The van der Waals surface area contributed by atoms with Crippen LogP contribution in [0.5, 0.6) is 23.0 Å². The molecule has 0 fully saturated rings. The van der Waals surface area contributed by atoms with Gasteiger partial charge >= 0.3 is 0 Å². The molecule has 0 saturated heterocycles. The Bertz CT molecular complexity index is 872. The van der Waals surface area contributed by atoms with Crippen molar-refractivity contribution in [1.82, 2.24) is 0 Å². The summed E-state index contributed by atoms with van der Waals surface area (Å²) in [6.45, 7) is 3.43. The number of carbonyl (C=O) groups excluding carboxylic acids is 2. The molecule has 0 aliphatic heterocycles. The molecule has 0 spiro atoms. The van der Waals surface area contributed by atoms with Crippen molar-refractivity contribution < 1.29 is 28.5 Å². The van der Waals surface area contributed by atoms with Crippen LogP contribution in [-0.2, 0) is 4.79 Å². The second kappa shape index (κ2) is 9.26. The molecule has 2 aromatic rings. The van der Waals surface area contributed by atoms with Gasteiger partial charge in [-0.05, 0) is 49.2 Å². The number of Topliss-reactive ketones (excluding diaryl/α,β-unsaturated/α-hetero) is 1. The van der Waals surface area contributed by atoms with Crippen molar-refractivity contribution in [3.8, 4) is 23.0 Å². The Morgan fingerprint density at radius 2 is 1.36 bits per heavy atom. The minimum atomic E-state index is -0.418. The summed E-state index contributed by atoms with van der Waals surface area (Å²) in [7, 11) is 6.07. The molecule has 0 heterocycles. The van der Waals surface area contributed by atoms with E-state index in [1.54, 1.807) is 30.3 Å². The first-order chi connectivity index (χ1) is 13.4. The lowest BCUT2D eigenvalue weighted by Gasteiger charge is -2.19. The van der Waals surface area contributed by atoms with Crippen LogP contribution < -0.4 is 18.9 Å². The quantitative estimate of drug-likeness (QED) is 0.606. The number of benzene rings is 2. The topological polar surface area (TPSA) is 71.1 Å². The zero-order chi connectivity index (χ0) is 20.8. The second-order valence-electron chi connectivity index (χ2n) is 6.26. The normalized spacial score (nSPS) is 11.5. The highest BCUT2D eigenvalue weighted by atomic mass is 16.5. The smallest absolute Gasteiger partial charge is 0.193 e. The van der Waals surface area contributed by atoms with E-state index in [1.165, 1.54) is 35.4 Å². The van der Waals surface area contributed by atoms with Gasteiger partial charge in [-0.15, -0.1) is 0 Å². The Balaban J connectivity index is 2.68. The van der Waals surface area contributed by atoms with Crippen molar-refractivity contribution in [2.24, 2.45) is 0 Å². The first kappa shape index (κ1) is 21.3. The van der Waals surface area contributed by atoms with E-state index in [-0.39, 0.29) is 11.6 Å². The number of hydrogen-bond donors (Lipinski definition) is 0. The standard InChI is InChI=1S/C22H26O6/c1-7-15(13(2)23)16-11-20(27-5)21(28-6)12-17(16)22(24)14-8-9-18(25-3)19(10-14)26-4/h8-12,15H,7H2,1-6H3. The Kier molecular flexibility index (Phi) is 7.04. The van der Waals surface area contributed by atoms with Crippen molar-refractivity contribution in [3.05, 3.63) is 47.0 Å². The van der Waals surface area contributed by atoms with Crippen LogP contribution in [0.15, 0.2) is 30.3 Å². The molecule has 28 heavy (non-hydrogen) atoms. The molecule has 0 radical (unpaired) electrons. The van der Waals surface area contributed by atoms with Crippen molar-refractivity contribution in [3.63, 3.8) is 0 Å². The predicted octanol–water partition coefficient (Wildman–Crippen LogP) is 4.03. The summed E-state index contributed by atoms with van der Waals surface area (Å²) in [5.74, 6) is 1.21. The van der Waals surface area contributed by atoms with Gasteiger partial charge in [-0.1, -0.05) is 6.92 Å². The molecule has 0 bridgehead atoms. The summed E-state index contributed by atoms with van der Waals surface area (Å²) in [4.78, 5) is 25.5. The Morgan fingerprint density at radius 1 is 0.821 bits per heavy atom. The lowest BCUT2D eigenvalue weighted by Crippen LogP contribution is -2.15. The predicted molar refractivity (Wildman–Crippen MR) is 106 cm³/mol. The zero-order valence-electron chi connectivity index (χ0n) is 17.1. The Morgan fingerprint density at radius 3 is 1.86 bits per heavy atom. The number of ether oxygens (including phenoxy) is 4. The maximum atomic E-state index is 13.3. The summed E-state index contributed by atoms with van der Waals surface area (Å²) >= 11 is 0. The summed E-state index contributed by atoms with van der Waals surface area (Å²) in [5, 5.41) is 0. The first-order valence-electron chi connectivity index (χ1n) is 8.94. The second-order valence-corrected chi connectivity index (χ2v) is 6.26. The van der Waals surface area contributed by atoms with Crippen LogP contribution in [0.25, 0.3) is 0 Å². The third-order valence-electron chi connectivity index (χ3n) is 4.72. The van der Waals surface area contributed by atoms with Gasteiger partial charge in [-0.3, -0.25) is 9.59 Å². The highest BCUT2D eigenvalue weighted by Crippen LogP contribution is 2.37. The van der Waals surface area contributed by atoms with E-state index in [0.29, 0.717) is 46.1 Å². The minimum absolute atomic E-state index is 0.0175. The van der Waals surface area contributed by atoms with Crippen molar-refractivity contribution in [2.75, 3.05) is 28.4 Å². The number of rotatable bonds is 9. The maximum absolute atomic E-state index is 13.3. The molecule has 0 amide bonds. The van der Waals surface area contributed by atoms with E-state index in [1.807, 2.05) is 6.92 Å². The van der Waals surface area contributed by atoms with E-state index in [9.17, 15) is 9.59 Å². The molecule has 0 aromatic heterocycles. The van der Waals surface area contributed by atoms with Gasteiger partial charge in [0.15, 0.2) is 28.8 Å². The van der Waals surface area contributed by atoms with Crippen molar-refractivity contribution in [1.29, 1.82) is 0 Å². The molecule has 2 rings (SSSR count). The van der Waals surface area contributed by atoms with E-state index in [0.717, 1.165) is 0 Å². The minimum Gasteiger partial charge on any atom is -0.493 e. The van der Waals surface area contributed by atoms with Gasteiger partial charge in [0, 0.05) is 17.0 Å². The zero-order valence-corrected chi connectivity index (χ0v) is 17.1. The molecule has 1 unspecified atom stereocenters. The third-order valence-corrected chi connectivity index (χ3v) is 4.72. The Labute approximate surface area is 165 Å². The highest BCUT2D eigenvalue weighted by Gasteiger charge is 2.26. The fraction of sp³-hybridized carbons (Fsp3) is 0.364. The summed E-state index contributed by atoms with van der Waals surface area (Å²) in [6.07, 6.45) is 0.566. The number of hydrogen-bond acceptors (Lipinski definition) is 6. The summed E-state index contributed by atoms with van der Waals surface area (Å²) < 4.78 is 21.3. The molecule has 1 atom stereocenters. The lowest BCUT2D eigenvalue weighted by atomic mass is 9.86. The molecule has 0 aliphatic rings. The number of carbonyl (C=O) groups is 2. The summed E-state index contributed by atoms with van der Waals surface area (Å²) in [6, 6.07) is 8.30. The molecule has 0 saturated carbocycles. The van der Waals surface area contributed by atoms with Gasteiger partial charge in [0.2, 0.25) is 0 Å². The van der Waals surface area contributed by atoms with Crippen LogP contribution in [0, 0.1) is 0 Å². The molecule has 150 valence electrons. The van der Waals surface area contributed by atoms with E-state index in [4.69, 9.17) is 18.9 Å². The fourth-order valence-electron chi connectivity index (χ4n) is 3.24. The van der Waals surface area contributed by atoms with Gasteiger partial charge < -0.3 is 18.9 Å². The average molecular weight is 386 g/mol. The van der Waals surface area contributed by atoms with Gasteiger partial charge in [-0.2, -0.15) is 0 Å². The van der Waals surface area contributed by atoms with Crippen LogP contribution in [0.1, 0.15) is 47.7 Å². The van der Waals surface area contributed by atoms with Crippen molar-refractivity contribution >= 4 is 11.6 Å². The van der Waals surface area contributed by atoms with E-state index < -0.39 is 5.92 Å². The van der Waals surface area contributed by atoms with Crippen LogP contribution in [0.3, 0.4) is 0 Å². The van der Waals surface area contributed by atoms with Gasteiger partial charge in [0.25, 0.3) is 0 Å². The van der Waals surface area contributed by atoms with Gasteiger partial charge in [0.1, 0.15) is 5.78 Å². The third kappa shape index (κ3) is 4.11. The summed E-state index contributed by atoms with van der Waals surface area (Å²) in [5.41, 5.74) is 1.43. The fourth-order valence-corrected chi connectivity index (χ4v) is 3.24. The Hall–Kier alpha value is -3.02. The molecule has 0 N–H and O–H groups in total. The molecule has 6 nitrogen and oxygen atoms in total. The lowest BCUT2D eigenvalue weighted by molar-refractivity contribution is -0.118. The van der Waals surface area contributed by atoms with Crippen molar-refractivity contribution in [2.45, 2.75) is 26.2 Å². The SMILES string of the molecule is CCC(C(C)=O)c1cc(OC)c(OC)cc1C(=O)c1ccc(OC)c(OC)c1. The van der Waals surface area contributed by atoms with E-state index >= 15 is 0 Å². The maximum Gasteiger partial charge on any atom is 0.193 e. The molecular formula is C22H26O6. The number of methoxy groups -OCH3 is 4. The number of ketones is 2. The van der Waals surface area contributed by atoms with Gasteiger partial charge in [-0.25, -0.2) is 0 Å². The van der Waals surface area contributed by atoms with E-state index in [2.05, 4.69) is 0 Å². The first-order valence-corrected chi connectivity index (χ1v) is 8.94. The molecule has 0 aliphatic carbocycles. The monoisotopic (exact) mass is 386 g/mol. The molecule has 6 heteroatoms. The molecular weight excluding hydrogens is 360 g/mol. The van der Waals surface area contributed by atoms with Gasteiger partial charge in [0.05, 0.1) is 28.4 Å². The van der Waals surface area contributed by atoms with Crippen LogP contribution in [0.2, 0.25) is 0 Å². The van der Waals surface area contributed by atoms with Crippen LogP contribution >= 0.6 is 0 Å².